The van der Waals surface area contributed by atoms with Crippen molar-refractivity contribution in [1.29, 1.82) is 0 Å². The summed E-state index contributed by atoms with van der Waals surface area (Å²) in [5.41, 5.74) is 3.35. The van der Waals surface area contributed by atoms with Gasteiger partial charge in [-0.15, -0.1) is 0 Å². The number of nitrogens with zero attached hydrogens (tertiary/aromatic N) is 3. The molecule has 0 radical (unpaired) electrons. The van der Waals surface area contributed by atoms with E-state index in [1.807, 2.05) is 49.4 Å². The minimum Gasteiger partial charge on any atom is -0.279 e. The van der Waals surface area contributed by atoms with Gasteiger partial charge >= 0.3 is 0 Å². The number of amides is 3. The van der Waals surface area contributed by atoms with E-state index in [1.165, 1.54) is 11.3 Å². The van der Waals surface area contributed by atoms with E-state index in [9.17, 15) is 14.4 Å². The van der Waals surface area contributed by atoms with Crippen LogP contribution in [0.1, 0.15) is 34.3 Å². The molecule has 1 aromatic heterocycles. The van der Waals surface area contributed by atoms with Gasteiger partial charge in [0.05, 0.1) is 22.4 Å². The topological polar surface area (TPSA) is 70.6 Å². The Morgan fingerprint density at radius 2 is 1.76 bits per heavy atom. The van der Waals surface area contributed by atoms with E-state index in [-0.39, 0.29) is 30.6 Å². The van der Waals surface area contributed by atoms with Gasteiger partial charge in [0.2, 0.25) is 11.8 Å². The van der Waals surface area contributed by atoms with Gasteiger partial charge in [-0.3, -0.25) is 24.2 Å². The lowest BCUT2D eigenvalue weighted by Crippen LogP contribution is -2.31. The summed E-state index contributed by atoms with van der Waals surface area (Å²) in [5.74, 6) is -0.781. The second-order valence-corrected chi connectivity index (χ2v) is 9.48. The highest BCUT2D eigenvalue weighted by Crippen LogP contribution is 2.35. The Morgan fingerprint density at radius 3 is 2.50 bits per heavy atom. The number of benzene rings is 3. The number of carbonyl (C=O) groups excluding carboxylic acids is 3. The molecule has 1 aliphatic rings. The fourth-order valence-corrected chi connectivity index (χ4v) is 5.17. The van der Waals surface area contributed by atoms with Gasteiger partial charge in [0.15, 0.2) is 5.13 Å². The zero-order chi connectivity index (χ0) is 23.8. The van der Waals surface area contributed by atoms with Crippen molar-refractivity contribution in [2.45, 2.75) is 26.3 Å². The molecule has 1 fully saturated rings. The quantitative estimate of drug-likeness (QED) is 0.334. The van der Waals surface area contributed by atoms with Crippen molar-refractivity contribution in [2.75, 3.05) is 9.80 Å². The van der Waals surface area contributed by atoms with E-state index in [1.54, 1.807) is 29.2 Å². The zero-order valence-corrected chi connectivity index (χ0v) is 19.9. The summed E-state index contributed by atoms with van der Waals surface area (Å²) < 4.78 is 0.935. The molecule has 5 rings (SSSR count). The van der Waals surface area contributed by atoms with Crippen LogP contribution >= 0.6 is 22.9 Å². The standard InChI is InChI=1S/C26H20ClN3O3S/c1-16-20(27)10-11-21-24(16)28-26(34-21)29(15-17-6-3-2-4-7-17)25(33)18-8-5-9-19(14-18)30-22(31)12-13-23(30)32/h2-11,14H,12-13,15H2,1H3. The number of imide groups is 1. The van der Waals surface area contributed by atoms with Gasteiger partial charge in [0, 0.05) is 23.4 Å². The molecule has 0 saturated carbocycles. The van der Waals surface area contributed by atoms with Gasteiger partial charge in [-0.05, 0) is 48.4 Å². The van der Waals surface area contributed by atoms with E-state index >= 15 is 0 Å². The smallest absolute Gasteiger partial charge is 0.260 e. The molecule has 0 unspecified atom stereocenters. The van der Waals surface area contributed by atoms with Crippen LogP contribution in [0.5, 0.6) is 0 Å². The molecule has 0 atom stereocenters. The average Bonchev–Trinajstić information content (AvgIpc) is 3.43. The third kappa shape index (κ3) is 4.08. The van der Waals surface area contributed by atoms with Crippen molar-refractivity contribution in [3.8, 4) is 0 Å². The number of carbonyl (C=O) groups is 3. The average molecular weight is 490 g/mol. The molecule has 3 aromatic carbocycles. The Hall–Kier alpha value is -3.55. The third-order valence-electron chi connectivity index (χ3n) is 5.80. The van der Waals surface area contributed by atoms with Crippen molar-refractivity contribution < 1.29 is 14.4 Å². The summed E-state index contributed by atoms with van der Waals surface area (Å²) in [4.78, 5) is 45.8. The second kappa shape index (κ2) is 9.00. The highest BCUT2D eigenvalue weighted by molar-refractivity contribution is 7.22. The fourth-order valence-electron chi connectivity index (χ4n) is 3.99. The van der Waals surface area contributed by atoms with E-state index in [0.29, 0.717) is 27.9 Å². The number of rotatable bonds is 5. The number of anilines is 2. The molecule has 1 saturated heterocycles. The number of thiazole rings is 1. The Balaban J connectivity index is 1.56. The molecule has 6 nitrogen and oxygen atoms in total. The molecule has 170 valence electrons. The van der Waals surface area contributed by atoms with Gasteiger partial charge in [-0.1, -0.05) is 59.3 Å². The number of aryl methyl sites for hydroxylation is 1. The predicted molar refractivity (Wildman–Crippen MR) is 134 cm³/mol. The van der Waals surface area contributed by atoms with Crippen LogP contribution in [-0.2, 0) is 16.1 Å². The molecule has 2 heterocycles. The van der Waals surface area contributed by atoms with Crippen LogP contribution in [0.2, 0.25) is 5.02 Å². The first-order valence-electron chi connectivity index (χ1n) is 10.8. The van der Waals surface area contributed by atoms with Crippen LogP contribution in [-0.4, -0.2) is 22.7 Å². The van der Waals surface area contributed by atoms with Gasteiger partial charge in [0.1, 0.15) is 0 Å². The van der Waals surface area contributed by atoms with Gasteiger partial charge in [-0.25, -0.2) is 4.98 Å². The summed E-state index contributed by atoms with van der Waals surface area (Å²) in [6, 6.07) is 20.0. The highest BCUT2D eigenvalue weighted by atomic mass is 35.5. The largest absolute Gasteiger partial charge is 0.279 e. The molecule has 0 aliphatic carbocycles. The normalized spacial score (nSPS) is 13.6. The predicted octanol–water partition coefficient (Wildman–Crippen LogP) is 5.76. The Kier molecular flexibility index (Phi) is 5.89. The van der Waals surface area contributed by atoms with E-state index in [2.05, 4.69) is 0 Å². The lowest BCUT2D eigenvalue weighted by molar-refractivity contribution is -0.121. The van der Waals surface area contributed by atoms with Crippen molar-refractivity contribution in [3.05, 3.63) is 88.4 Å². The maximum Gasteiger partial charge on any atom is 0.260 e. The first kappa shape index (κ1) is 22.3. The molecule has 0 spiro atoms. The van der Waals surface area contributed by atoms with Crippen molar-refractivity contribution in [2.24, 2.45) is 0 Å². The number of aromatic nitrogens is 1. The van der Waals surface area contributed by atoms with E-state index in [4.69, 9.17) is 16.6 Å². The molecule has 0 N–H and O–H groups in total. The first-order chi connectivity index (χ1) is 16.4. The number of fused-ring (bicyclic) bond motifs is 1. The minimum atomic E-state index is -0.271. The number of halogens is 1. The molecule has 1 aliphatic heterocycles. The van der Waals surface area contributed by atoms with Crippen LogP contribution in [0, 0.1) is 6.92 Å². The molecule has 8 heteroatoms. The maximum atomic E-state index is 13.8. The lowest BCUT2D eigenvalue weighted by atomic mass is 10.1. The monoisotopic (exact) mass is 489 g/mol. The summed E-state index contributed by atoms with van der Waals surface area (Å²) in [5, 5.41) is 1.17. The molecule has 4 aromatic rings. The van der Waals surface area contributed by atoms with Crippen molar-refractivity contribution in [3.63, 3.8) is 0 Å². The van der Waals surface area contributed by atoms with Gasteiger partial charge in [0.25, 0.3) is 5.91 Å². The first-order valence-corrected chi connectivity index (χ1v) is 12.0. The minimum absolute atomic E-state index is 0.185. The van der Waals surface area contributed by atoms with Crippen LogP contribution in [0.25, 0.3) is 10.2 Å². The summed E-state index contributed by atoms with van der Waals surface area (Å²) in [6.07, 6.45) is 0.371. The number of hydrogen-bond acceptors (Lipinski definition) is 5. The second-order valence-electron chi connectivity index (χ2n) is 8.07. The fraction of sp³-hybridized carbons (Fsp3) is 0.154. The third-order valence-corrected chi connectivity index (χ3v) is 7.25. The lowest BCUT2D eigenvalue weighted by Gasteiger charge is -2.21. The van der Waals surface area contributed by atoms with Crippen LogP contribution in [0.15, 0.2) is 66.7 Å². The molecule has 3 amide bonds. The van der Waals surface area contributed by atoms with Gasteiger partial charge < -0.3 is 0 Å². The highest BCUT2D eigenvalue weighted by Gasteiger charge is 2.31. The Bertz CT molecular complexity index is 1420. The summed E-state index contributed by atoms with van der Waals surface area (Å²) in [7, 11) is 0. The maximum absolute atomic E-state index is 13.8. The number of hydrogen-bond donors (Lipinski definition) is 0. The SMILES string of the molecule is Cc1c(Cl)ccc2sc(N(Cc3ccccc3)C(=O)c3cccc(N4C(=O)CCC4=O)c3)nc12. The van der Waals surface area contributed by atoms with Crippen molar-refractivity contribution in [1.82, 2.24) is 4.98 Å². The zero-order valence-electron chi connectivity index (χ0n) is 18.3. The molecular weight excluding hydrogens is 470 g/mol. The Morgan fingerprint density at radius 1 is 1.03 bits per heavy atom. The Labute approximate surface area is 205 Å². The summed E-state index contributed by atoms with van der Waals surface area (Å²) in [6.45, 7) is 2.23. The van der Waals surface area contributed by atoms with E-state index < -0.39 is 0 Å². The van der Waals surface area contributed by atoms with Gasteiger partial charge in [-0.2, -0.15) is 0 Å². The molecular formula is C26H20ClN3O3S. The summed E-state index contributed by atoms with van der Waals surface area (Å²) >= 11 is 7.71. The van der Waals surface area contributed by atoms with Crippen LogP contribution < -0.4 is 9.80 Å². The van der Waals surface area contributed by atoms with Crippen LogP contribution in [0.3, 0.4) is 0 Å². The van der Waals surface area contributed by atoms with E-state index in [0.717, 1.165) is 26.2 Å². The van der Waals surface area contributed by atoms with Crippen molar-refractivity contribution >= 4 is 61.7 Å². The molecule has 34 heavy (non-hydrogen) atoms. The molecule has 0 bridgehead atoms. The van der Waals surface area contributed by atoms with Crippen LogP contribution in [0.4, 0.5) is 10.8 Å².